The number of halogens is 2. The number of hydrogen-bond acceptors (Lipinski definition) is 7. The van der Waals surface area contributed by atoms with Gasteiger partial charge in [0.2, 0.25) is 0 Å². The molecule has 3 aromatic heterocycles. The molecule has 0 bridgehead atoms. The second kappa shape index (κ2) is 9.33. The zero-order valence-corrected chi connectivity index (χ0v) is 18.6. The number of benzene rings is 1. The van der Waals surface area contributed by atoms with Crippen molar-refractivity contribution in [2.75, 3.05) is 7.11 Å². The van der Waals surface area contributed by atoms with Gasteiger partial charge in [-0.15, -0.1) is 5.10 Å². The third-order valence-electron chi connectivity index (χ3n) is 4.67. The van der Waals surface area contributed by atoms with Gasteiger partial charge >= 0.3 is 5.97 Å². The molecule has 10 heteroatoms. The second-order valence-electron chi connectivity index (χ2n) is 6.76. The van der Waals surface area contributed by atoms with Gasteiger partial charge in [-0.3, -0.25) is 10.1 Å². The van der Waals surface area contributed by atoms with Crippen LogP contribution < -0.4 is 4.74 Å². The first-order chi connectivity index (χ1) is 15.5. The topological polar surface area (TPSA) is 103 Å². The Hall–Kier alpha value is -3.49. The quantitative estimate of drug-likeness (QED) is 0.389. The van der Waals surface area contributed by atoms with Crippen molar-refractivity contribution in [3.63, 3.8) is 0 Å². The van der Waals surface area contributed by atoms with E-state index in [0.717, 1.165) is 10.9 Å². The average Bonchev–Trinajstić information content (AvgIpc) is 3.19. The summed E-state index contributed by atoms with van der Waals surface area (Å²) < 4.78 is 10.7. The smallest absolute Gasteiger partial charge is 0.358 e. The lowest BCUT2D eigenvalue weighted by molar-refractivity contribution is 0.0592. The summed E-state index contributed by atoms with van der Waals surface area (Å²) in [5, 5.41) is 16.9. The SMILES string of the molecule is COC(=O)c1ccc(/C=C/c2n[nH]c3ccc(OC(C)c4c(Cl)cncc4Cl)cc23)nn1. The van der Waals surface area contributed by atoms with Crippen molar-refractivity contribution in [1.82, 2.24) is 25.4 Å². The summed E-state index contributed by atoms with van der Waals surface area (Å²) in [5.74, 6) is 0.0923. The Balaban J connectivity index is 1.56. The molecule has 3 heterocycles. The maximum absolute atomic E-state index is 11.5. The molecule has 0 radical (unpaired) electrons. The molecule has 0 aliphatic rings. The van der Waals surface area contributed by atoms with E-state index in [2.05, 4.69) is 30.1 Å². The van der Waals surface area contributed by atoms with E-state index in [1.807, 2.05) is 25.1 Å². The van der Waals surface area contributed by atoms with E-state index < -0.39 is 5.97 Å². The molecule has 1 N–H and O–H groups in total. The lowest BCUT2D eigenvalue weighted by atomic mass is 10.1. The van der Waals surface area contributed by atoms with Gasteiger partial charge in [0.15, 0.2) is 5.69 Å². The minimum absolute atomic E-state index is 0.139. The van der Waals surface area contributed by atoms with E-state index in [1.165, 1.54) is 19.5 Å². The van der Waals surface area contributed by atoms with Gasteiger partial charge in [-0.05, 0) is 49.4 Å². The zero-order chi connectivity index (χ0) is 22.7. The maximum Gasteiger partial charge on any atom is 0.358 e. The fourth-order valence-corrected chi connectivity index (χ4v) is 3.77. The molecule has 4 aromatic rings. The highest BCUT2D eigenvalue weighted by atomic mass is 35.5. The zero-order valence-electron chi connectivity index (χ0n) is 17.0. The van der Waals surface area contributed by atoms with E-state index >= 15 is 0 Å². The Morgan fingerprint density at radius 1 is 1.09 bits per heavy atom. The average molecular weight is 470 g/mol. The minimum Gasteiger partial charge on any atom is -0.486 e. The number of esters is 1. The molecule has 0 saturated carbocycles. The van der Waals surface area contributed by atoms with Gasteiger partial charge in [0, 0.05) is 23.3 Å². The molecule has 4 rings (SSSR count). The van der Waals surface area contributed by atoms with Gasteiger partial charge in [0.25, 0.3) is 0 Å². The van der Waals surface area contributed by atoms with Crippen molar-refractivity contribution in [3.05, 3.63) is 75.4 Å². The lowest BCUT2D eigenvalue weighted by Gasteiger charge is -2.17. The van der Waals surface area contributed by atoms with E-state index in [-0.39, 0.29) is 11.8 Å². The third-order valence-corrected chi connectivity index (χ3v) is 5.27. The number of aromatic amines is 1. The van der Waals surface area contributed by atoms with Gasteiger partial charge in [-0.2, -0.15) is 10.2 Å². The molecular weight excluding hydrogens is 453 g/mol. The summed E-state index contributed by atoms with van der Waals surface area (Å²) in [6, 6.07) is 8.81. The molecule has 0 aliphatic heterocycles. The van der Waals surface area contributed by atoms with Gasteiger partial charge in [0.05, 0.1) is 34.1 Å². The summed E-state index contributed by atoms with van der Waals surface area (Å²) in [6.45, 7) is 1.87. The maximum atomic E-state index is 11.5. The standard InChI is InChI=1S/C22H17Cl2N5O3/c1-12(21-16(23)10-25-11-17(21)24)32-14-5-8-19-15(9-14)18(27-28-19)6-3-13-4-7-20(29-26-13)22(30)31-2/h3-12H,1-2H3,(H,27,28)/b6-3+. The number of pyridine rings is 1. The van der Waals surface area contributed by atoms with Crippen molar-refractivity contribution >= 4 is 52.2 Å². The van der Waals surface area contributed by atoms with Crippen LogP contribution in [0.4, 0.5) is 0 Å². The molecule has 1 unspecified atom stereocenters. The van der Waals surface area contributed by atoms with E-state index in [4.69, 9.17) is 27.9 Å². The second-order valence-corrected chi connectivity index (χ2v) is 7.58. The van der Waals surface area contributed by atoms with E-state index in [0.29, 0.717) is 32.7 Å². The highest BCUT2D eigenvalue weighted by molar-refractivity contribution is 6.35. The number of fused-ring (bicyclic) bond motifs is 1. The molecule has 0 amide bonds. The molecule has 162 valence electrons. The first kappa shape index (κ1) is 21.7. The van der Waals surface area contributed by atoms with Crippen LogP contribution in [0.1, 0.15) is 40.5 Å². The Kier molecular flexibility index (Phi) is 6.34. The molecule has 0 fully saturated rings. The predicted octanol–water partition coefficient (Wildman–Crippen LogP) is 5.15. The molecule has 0 spiro atoms. The summed E-state index contributed by atoms with van der Waals surface area (Å²) in [5.41, 5.74) is 2.91. The predicted molar refractivity (Wildman–Crippen MR) is 122 cm³/mol. The summed E-state index contributed by atoms with van der Waals surface area (Å²) >= 11 is 12.5. The number of hydrogen-bond donors (Lipinski definition) is 1. The monoisotopic (exact) mass is 469 g/mol. The van der Waals surface area contributed by atoms with E-state index in [9.17, 15) is 4.79 Å². The molecular formula is C22H17Cl2N5O3. The van der Waals surface area contributed by atoms with Crippen molar-refractivity contribution in [3.8, 4) is 5.75 Å². The van der Waals surface area contributed by atoms with Gasteiger partial charge in [0.1, 0.15) is 11.9 Å². The number of methoxy groups -OCH3 is 1. The van der Waals surface area contributed by atoms with Crippen LogP contribution in [0.3, 0.4) is 0 Å². The van der Waals surface area contributed by atoms with Crippen molar-refractivity contribution in [1.29, 1.82) is 0 Å². The fourth-order valence-electron chi connectivity index (χ4n) is 3.10. The first-order valence-electron chi connectivity index (χ1n) is 9.50. The van der Waals surface area contributed by atoms with Crippen molar-refractivity contribution < 1.29 is 14.3 Å². The number of rotatable bonds is 6. The van der Waals surface area contributed by atoms with Crippen LogP contribution in [-0.2, 0) is 4.74 Å². The van der Waals surface area contributed by atoms with E-state index in [1.54, 1.807) is 24.3 Å². The molecule has 1 atom stereocenters. The van der Waals surface area contributed by atoms with Crippen molar-refractivity contribution in [2.45, 2.75) is 13.0 Å². The third kappa shape index (κ3) is 4.56. The number of H-pyrrole nitrogens is 1. The van der Waals surface area contributed by atoms with Crippen LogP contribution in [0.2, 0.25) is 10.0 Å². The minimum atomic E-state index is -0.539. The number of nitrogens with zero attached hydrogens (tertiary/aromatic N) is 4. The number of nitrogens with one attached hydrogen (secondary N) is 1. The Morgan fingerprint density at radius 3 is 2.56 bits per heavy atom. The van der Waals surface area contributed by atoms with Gasteiger partial charge < -0.3 is 9.47 Å². The highest BCUT2D eigenvalue weighted by Gasteiger charge is 2.16. The molecule has 1 aromatic carbocycles. The number of carbonyl (C=O) groups is 1. The van der Waals surface area contributed by atoms with Crippen LogP contribution in [0.15, 0.2) is 42.7 Å². The molecule has 0 aliphatic carbocycles. The Morgan fingerprint density at radius 2 is 1.88 bits per heavy atom. The van der Waals surface area contributed by atoms with Gasteiger partial charge in [-0.1, -0.05) is 23.2 Å². The number of carbonyl (C=O) groups excluding carboxylic acids is 1. The largest absolute Gasteiger partial charge is 0.486 e. The van der Waals surface area contributed by atoms with Crippen LogP contribution in [0.25, 0.3) is 23.1 Å². The highest BCUT2D eigenvalue weighted by Crippen LogP contribution is 2.33. The van der Waals surface area contributed by atoms with Crippen LogP contribution in [-0.4, -0.2) is 38.5 Å². The van der Waals surface area contributed by atoms with Crippen LogP contribution >= 0.6 is 23.2 Å². The molecule has 8 nitrogen and oxygen atoms in total. The lowest BCUT2D eigenvalue weighted by Crippen LogP contribution is -2.05. The Labute approximate surface area is 193 Å². The molecule has 32 heavy (non-hydrogen) atoms. The molecule has 0 saturated heterocycles. The van der Waals surface area contributed by atoms with Crippen LogP contribution in [0, 0.1) is 0 Å². The van der Waals surface area contributed by atoms with Crippen molar-refractivity contribution in [2.24, 2.45) is 0 Å². The normalized spacial score (nSPS) is 12.2. The fraction of sp³-hybridized carbons (Fsp3) is 0.136. The van der Waals surface area contributed by atoms with Gasteiger partial charge in [-0.25, -0.2) is 4.79 Å². The van der Waals surface area contributed by atoms with Crippen LogP contribution in [0.5, 0.6) is 5.75 Å². The number of aromatic nitrogens is 5. The Bertz CT molecular complexity index is 1280. The summed E-state index contributed by atoms with van der Waals surface area (Å²) in [6.07, 6.45) is 6.22. The number of ether oxygens (including phenoxy) is 2. The summed E-state index contributed by atoms with van der Waals surface area (Å²) in [7, 11) is 1.29. The first-order valence-corrected chi connectivity index (χ1v) is 10.3. The summed E-state index contributed by atoms with van der Waals surface area (Å²) in [4.78, 5) is 15.4.